The van der Waals surface area contributed by atoms with Crippen molar-refractivity contribution in [3.63, 3.8) is 0 Å². The fraction of sp³-hybridized carbons (Fsp3) is 0.286. The van der Waals surface area contributed by atoms with Crippen LogP contribution in [0.1, 0.15) is 17.5 Å². The van der Waals surface area contributed by atoms with Gasteiger partial charge in [-0.2, -0.15) is 4.57 Å². The summed E-state index contributed by atoms with van der Waals surface area (Å²) >= 11 is 1.80. The van der Waals surface area contributed by atoms with Gasteiger partial charge in [0.15, 0.2) is 0 Å². The van der Waals surface area contributed by atoms with Gasteiger partial charge in [-0.1, -0.05) is 35.6 Å². The number of para-hydroxylation sites is 1. The van der Waals surface area contributed by atoms with Crippen molar-refractivity contribution in [3.8, 4) is 0 Å². The third-order valence-electron chi connectivity index (χ3n) is 4.37. The van der Waals surface area contributed by atoms with E-state index < -0.39 is 0 Å². The molecule has 0 radical (unpaired) electrons. The van der Waals surface area contributed by atoms with E-state index in [1.807, 2.05) is 17.0 Å². The van der Waals surface area contributed by atoms with Gasteiger partial charge in [0.05, 0.1) is 13.2 Å². The maximum absolute atomic E-state index is 9.16. The van der Waals surface area contributed by atoms with Crippen LogP contribution in [0.4, 0.5) is 5.69 Å². The summed E-state index contributed by atoms with van der Waals surface area (Å²) in [6.07, 6.45) is 4.30. The van der Waals surface area contributed by atoms with Crippen molar-refractivity contribution >= 4 is 39.4 Å². The van der Waals surface area contributed by atoms with E-state index in [2.05, 4.69) is 60.0 Å². The number of aryl methyl sites for hydroxylation is 1. The lowest BCUT2D eigenvalue weighted by Gasteiger charge is -2.22. The quantitative estimate of drug-likeness (QED) is 0.600. The first-order chi connectivity index (χ1) is 12.8. The minimum atomic E-state index is 0.0740. The monoisotopic (exact) mass is 369 g/mol. The lowest BCUT2D eigenvalue weighted by molar-refractivity contribution is -0.665. The van der Waals surface area contributed by atoms with Crippen LogP contribution in [0.2, 0.25) is 0 Å². The van der Waals surface area contributed by atoms with Crippen LogP contribution in [0, 0.1) is 0 Å². The van der Waals surface area contributed by atoms with E-state index >= 15 is 0 Å². The molecule has 0 aliphatic rings. The van der Waals surface area contributed by atoms with Crippen molar-refractivity contribution in [2.24, 2.45) is 0 Å². The predicted octanol–water partition coefficient (Wildman–Crippen LogP) is 3.17. The molecule has 0 bridgehead atoms. The third kappa shape index (κ3) is 4.12. The molecule has 0 aliphatic heterocycles. The highest BCUT2D eigenvalue weighted by Crippen LogP contribution is 2.22. The normalized spacial score (nSPS) is 11.5. The van der Waals surface area contributed by atoms with Gasteiger partial charge < -0.3 is 15.1 Å². The number of aliphatic hydroxyl groups excluding tert-OH is 2. The average molecular weight is 370 g/mol. The molecule has 0 amide bonds. The second kappa shape index (κ2) is 8.94. The Bertz CT molecular complexity index is 865. The molecule has 1 aromatic heterocycles. The van der Waals surface area contributed by atoms with Crippen molar-refractivity contribution in [1.29, 1.82) is 0 Å². The number of nitrogens with zero attached hydrogens (tertiary/aromatic N) is 2. The first kappa shape index (κ1) is 18.6. The summed E-state index contributed by atoms with van der Waals surface area (Å²) in [5, 5.41) is 19.6. The lowest BCUT2D eigenvalue weighted by atomic mass is 10.2. The van der Waals surface area contributed by atoms with E-state index in [0.29, 0.717) is 13.1 Å². The summed E-state index contributed by atoms with van der Waals surface area (Å²) in [5.74, 6) is 0. The number of rotatable bonds is 8. The van der Waals surface area contributed by atoms with Crippen LogP contribution in [0.5, 0.6) is 0 Å². The minimum Gasteiger partial charge on any atom is -0.395 e. The maximum atomic E-state index is 9.16. The van der Waals surface area contributed by atoms with E-state index in [9.17, 15) is 0 Å². The van der Waals surface area contributed by atoms with Crippen molar-refractivity contribution in [2.75, 3.05) is 31.2 Å². The summed E-state index contributed by atoms with van der Waals surface area (Å²) < 4.78 is 3.63. The zero-order chi connectivity index (χ0) is 18.4. The molecule has 4 nitrogen and oxygen atoms in total. The van der Waals surface area contributed by atoms with Gasteiger partial charge in [0.2, 0.25) is 5.52 Å². The first-order valence-corrected chi connectivity index (χ1v) is 9.74. The Kier molecular flexibility index (Phi) is 6.39. The van der Waals surface area contributed by atoms with Crippen molar-refractivity contribution in [2.45, 2.75) is 13.5 Å². The number of aliphatic hydroxyl groups is 2. The average Bonchev–Trinajstić information content (AvgIpc) is 3.04. The maximum Gasteiger partial charge on any atom is 0.262 e. The van der Waals surface area contributed by atoms with E-state index in [0.717, 1.165) is 17.8 Å². The van der Waals surface area contributed by atoms with Gasteiger partial charge in [0.1, 0.15) is 11.2 Å². The number of anilines is 1. The summed E-state index contributed by atoms with van der Waals surface area (Å²) in [6, 6.07) is 16.7. The van der Waals surface area contributed by atoms with Gasteiger partial charge in [-0.05, 0) is 36.8 Å². The molecule has 5 heteroatoms. The molecule has 3 rings (SSSR count). The zero-order valence-electron chi connectivity index (χ0n) is 15.0. The van der Waals surface area contributed by atoms with Gasteiger partial charge in [0.25, 0.3) is 5.01 Å². The number of aromatic nitrogens is 1. The fourth-order valence-corrected chi connectivity index (χ4v) is 4.21. The van der Waals surface area contributed by atoms with Gasteiger partial charge in [-0.15, -0.1) is 0 Å². The predicted molar refractivity (Wildman–Crippen MR) is 109 cm³/mol. The molecule has 0 aliphatic carbocycles. The Morgan fingerprint density at radius 3 is 2.31 bits per heavy atom. The van der Waals surface area contributed by atoms with Gasteiger partial charge in [-0.25, -0.2) is 0 Å². The van der Waals surface area contributed by atoms with Gasteiger partial charge >= 0.3 is 0 Å². The molecular weight excluding hydrogens is 344 g/mol. The smallest absolute Gasteiger partial charge is 0.262 e. The molecule has 0 fully saturated rings. The molecule has 0 saturated heterocycles. The Hall–Kier alpha value is -2.21. The molecule has 2 aromatic carbocycles. The topological polar surface area (TPSA) is 47.6 Å². The molecule has 0 atom stereocenters. The van der Waals surface area contributed by atoms with E-state index in [1.165, 1.54) is 15.2 Å². The van der Waals surface area contributed by atoms with Crippen LogP contribution in [0.3, 0.4) is 0 Å². The van der Waals surface area contributed by atoms with E-state index in [1.54, 1.807) is 11.3 Å². The number of fused-ring (bicyclic) bond motifs is 1. The largest absolute Gasteiger partial charge is 0.395 e. The highest BCUT2D eigenvalue weighted by molar-refractivity contribution is 7.18. The molecule has 1 heterocycles. The van der Waals surface area contributed by atoms with Crippen molar-refractivity contribution < 1.29 is 14.8 Å². The SMILES string of the molecule is CC[n+]1c(C=Cc2ccc(N(CCO)CCO)cc2)sc2ccccc21. The number of thiazole rings is 1. The van der Waals surface area contributed by atoms with Crippen molar-refractivity contribution in [3.05, 3.63) is 59.1 Å². The number of benzene rings is 2. The molecule has 0 unspecified atom stereocenters. The molecule has 26 heavy (non-hydrogen) atoms. The van der Waals surface area contributed by atoms with E-state index in [-0.39, 0.29) is 13.2 Å². The number of hydrogen-bond acceptors (Lipinski definition) is 4. The molecular formula is C21H25N2O2S+. The van der Waals surface area contributed by atoms with Crippen LogP contribution < -0.4 is 9.47 Å². The molecule has 3 aromatic rings. The Labute approximate surface area is 158 Å². The summed E-state index contributed by atoms with van der Waals surface area (Å²) in [7, 11) is 0. The van der Waals surface area contributed by atoms with Gasteiger partial charge in [-0.3, -0.25) is 0 Å². The highest BCUT2D eigenvalue weighted by Gasteiger charge is 2.15. The highest BCUT2D eigenvalue weighted by atomic mass is 32.1. The van der Waals surface area contributed by atoms with Crippen LogP contribution in [0.15, 0.2) is 48.5 Å². The van der Waals surface area contributed by atoms with Crippen LogP contribution in [0.25, 0.3) is 22.4 Å². The Morgan fingerprint density at radius 1 is 0.962 bits per heavy atom. The van der Waals surface area contributed by atoms with Crippen molar-refractivity contribution in [1.82, 2.24) is 0 Å². The van der Waals surface area contributed by atoms with Crippen LogP contribution >= 0.6 is 11.3 Å². The Balaban J connectivity index is 1.81. The molecule has 136 valence electrons. The standard InChI is InChI=1S/C21H25N2O2S/c1-2-23-19-5-3-4-6-20(19)26-21(23)12-9-17-7-10-18(11-8-17)22(13-15-24)14-16-25/h3-12,24-25H,2,13-16H2,1H3/q+1. The van der Waals surface area contributed by atoms with Gasteiger partial charge in [0, 0.05) is 30.9 Å². The fourth-order valence-electron chi connectivity index (χ4n) is 3.08. The van der Waals surface area contributed by atoms with E-state index in [4.69, 9.17) is 10.2 Å². The second-order valence-corrected chi connectivity index (χ2v) is 7.07. The van der Waals surface area contributed by atoms with Crippen LogP contribution in [-0.4, -0.2) is 36.5 Å². The zero-order valence-corrected chi connectivity index (χ0v) is 15.8. The summed E-state index contributed by atoms with van der Waals surface area (Å²) in [4.78, 5) is 1.98. The molecule has 0 saturated carbocycles. The molecule has 2 N–H and O–H groups in total. The summed E-state index contributed by atoms with van der Waals surface area (Å²) in [6.45, 7) is 4.30. The van der Waals surface area contributed by atoms with Crippen LogP contribution in [-0.2, 0) is 6.54 Å². The second-order valence-electron chi connectivity index (χ2n) is 6.01. The lowest BCUT2D eigenvalue weighted by Crippen LogP contribution is -2.33. The summed E-state index contributed by atoms with van der Waals surface area (Å²) in [5.41, 5.74) is 3.41. The minimum absolute atomic E-state index is 0.0740. The first-order valence-electron chi connectivity index (χ1n) is 8.93. The molecule has 0 spiro atoms. The third-order valence-corrected chi connectivity index (χ3v) is 5.50. The Morgan fingerprint density at radius 2 is 1.65 bits per heavy atom. The number of hydrogen-bond donors (Lipinski definition) is 2.